The van der Waals surface area contributed by atoms with Gasteiger partial charge in [0.1, 0.15) is 23.4 Å². The smallest absolute Gasteiger partial charge is 0.251 e. The van der Waals surface area contributed by atoms with Crippen molar-refractivity contribution in [3.8, 4) is 11.5 Å². The lowest BCUT2D eigenvalue weighted by molar-refractivity contribution is -0.121. The van der Waals surface area contributed by atoms with Crippen molar-refractivity contribution in [3.05, 3.63) is 60.2 Å². The molecule has 1 amide bonds. The highest BCUT2D eigenvalue weighted by Gasteiger charge is 2.49. The number of rotatable bonds is 7. The Hall–Kier alpha value is -2.70. The monoisotopic (exact) mass is 407 g/mol. The number of carbonyl (C=O) groups is 2. The van der Waals surface area contributed by atoms with Gasteiger partial charge in [-0.1, -0.05) is 18.2 Å². The van der Waals surface area contributed by atoms with Gasteiger partial charge in [-0.2, -0.15) is 0 Å². The van der Waals surface area contributed by atoms with Crippen LogP contribution in [0.15, 0.2) is 54.6 Å². The molecule has 0 unspecified atom stereocenters. The molecule has 1 aliphatic carbocycles. The fourth-order valence-electron chi connectivity index (χ4n) is 4.26. The Labute approximate surface area is 175 Å². The molecule has 2 aliphatic heterocycles. The molecule has 2 heterocycles. The molecule has 0 radical (unpaired) electrons. The Balaban J connectivity index is 1.16. The zero-order chi connectivity index (χ0) is 20.5. The molecule has 3 fully saturated rings. The molecular weight excluding hydrogens is 382 g/mol. The summed E-state index contributed by atoms with van der Waals surface area (Å²) in [5, 5.41) is 3.03. The molecular formula is C24H25NO5. The third-order valence-corrected chi connectivity index (χ3v) is 6.06. The summed E-state index contributed by atoms with van der Waals surface area (Å²) in [7, 11) is 0. The predicted molar refractivity (Wildman–Crippen MR) is 110 cm³/mol. The molecule has 3 aliphatic rings. The van der Waals surface area contributed by atoms with Gasteiger partial charge in [-0.05, 0) is 49.2 Å². The van der Waals surface area contributed by atoms with Crippen LogP contribution in [0.5, 0.6) is 11.5 Å². The summed E-state index contributed by atoms with van der Waals surface area (Å²) in [6.45, 7) is 0.927. The van der Waals surface area contributed by atoms with Crippen molar-refractivity contribution in [2.75, 3.05) is 13.2 Å². The lowest BCUT2D eigenvalue weighted by atomic mass is 9.94. The molecule has 1 saturated carbocycles. The van der Waals surface area contributed by atoms with E-state index in [1.54, 1.807) is 24.3 Å². The fraction of sp³-hybridized carbons (Fsp3) is 0.417. The number of hydrogen-bond donors (Lipinski definition) is 1. The van der Waals surface area contributed by atoms with Gasteiger partial charge in [-0.3, -0.25) is 9.59 Å². The number of ether oxygens (including phenoxy) is 3. The summed E-state index contributed by atoms with van der Waals surface area (Å²) in [5.41, 5.74) is 0.553. The number of carbonyl (C=O) groups excluding carboxylic acids is 2. The second kappa shape index (κ2) is 8.20. The molecule has 2 saturated heterocycles. The minimum Gasteiger partial charge on any atom is -0.457 e. The summed E-state index contributed by atoms with van der Waals surface area (Å²) in [5.74, 6) is 1.94. The average molecular weight is 407 g/mol. The fourth-order valence-corrected chi connectivity index (χ4v) is 4.26. The number of hydrogen-bond acceptors (Lipinski definition) is 5. The van der Waals surface area contributed by atoms with Gasteiger partial charge in [-0.15, -0.1) is 0 Å². The largest absolute Gasteiger partial charge is 0.457 e. The lowest BCUT2D eigenvalue weighted by Crippen LogP contribution is -2.44. The quantitative estimate of drug-likeness (QED) is 0.762. The van der Waals surface area contributed by atoms with Crippen molar-refractivity contribution in [1.82, 2.24) is 5.32 Å². The van der Waals surface area contributed by atoms with Gasteiger partial charge in [0.2, 0.25) is 0 Å². The highest BCUT2D eigenvalue weighted by molar-refractivity contribution is 5.94. The van der Waals surface area contributed by atoms with Gasteiger partial charge >= 0.3 is 0 Å². The summed E-state index contributed by atoms with van der Waals surface area (Å²) >= 11 is 0. The van der Waals surface area contributed by atoms with Crippen molar-refractivity contribution in [1.29, 1.82) is 0 Å². The van der Waals surface area contributed by atoms with Crippen molar-refractivity contribution in [3.63, 3.8) is 0 Å². The van der Waals surface area contributed by atoms with Gasteiger partial charge < -0.3 is 19.5 Å². The maximum absolute atomic E-state index is 12.7. The Morgan fingerprint density at radius 2 is 1.60 bits per heavy atom. The second-order valence-corrected chi connectivity index (χ2v) is 8.32. The summed E-state index contributed by atoms with van der Waals surface area (Å²) in [6, 6.07) is 16.3. The topological polar surface area (TPSA) is 73.9 Å². The van der Waals surface area contributed by atoms with Crippen LogP contribution < -0.4 is 10.1 Å². The molecule has 156 valence electrons. The molecule has 1 N–H and O–H groups in total. The first-order valence-electron chi connectivity index (χ1n) is 10.6. The third kappa shape index (κ3) is 4.11. The van der Waals surface area contributed by atoms with Crippen LogP contribution in [0.1, 0.15) is 29.6 Å². The van der Waals surface area contributed by atoms with E-state index in [9.17, 15) is 9.59 Å². The molecule has 30 heavy (non-hydrogen) atoms. The zero-order valence-electron chi connectivity index (χ0n) is 16.7. The van der Waals surface area contributed by atoms with Crippen LogP contribution in [0, 0.1) is 11.8 Å². The molecule has 0 spiro atoms. The zero-order valence-corrected chi connectivity index (χ0v) is 16.7. The molecule has 6 nitrogen and oxygen atoms in total. The van der Waals surface area contributed by atoms with Gasteiger partial charge in [0, 0.05) is 23.8 Å². The minimum atomic E-state index is -0.205. The van der Waals surface area contributed by atoms with Crippen LogP contribution in [-0.4, -0.2) is 43.2 Å². The predicted octanol–water partition coefficient (Wildman–Crippen LogP) is 3.36. The highest BCUT2D eigenvalue weighted by atomic mass is 16.6. The first-order chi connectivity index (χ1) is 14.7. The lowest BCUT2D eigenvalue weighted by Gasteiger charge is -2.18. The van der Waals surface area contributed by atoms with E-state index in [1.807, 2.05) is 30.3 Å². The molecule has 4 atom stereocenters. The summed E-state index contributed by atoms with van der Waals surface area (Å²) in [6.07, 6.45) is 2.27. The van der Waals surface area contributed by atoms with E-state index in [2.05, 4.69) is 5.32 Å². The van der Waals surface area contributed by atoms with E-state index in [1.165, 1.54) is 0 Å². The molecule has 5 rings (SSSR count). The maximum Gasteiger partial charge on any atom is 0.251 e. The second-order valence-electron chi connectivity index (χ2n) is 8.32. The number of para-hydroxylation sites is 1. The Morgan fingerprint density at radius 1 is 0.900 bits per heavy atom. The van der Waals surface area contributed by atoms with E-state index < -0.39 is 0 Å². The Morgan fingerprint density at radius 3 is 2.33 bits per heavy atom. The van der Waals surface area contributed by atoms with E-state index in [0.717, 1.165) is 18.6 Å². The number of fused-ring (bicyclic) bond motifs is 1. The van der Waals surface area contributed by atoms with Crippen LogP contribution in [0.2, 0.25) is 0 Å². The number of nitrogens with one attached hydrogen (secondary N) is 1. The molecule has 6 heteroatoms. The minimum absolute atomic E-state index is 0.0967. The van der Waals surface area contributed by atoms with E-state index >= 15 is 0 Å². The van der Waals surface area contributed by atoms with Gasteiger partial charge in [-0.25, -0.2) is 0 Å². The van der Waals surface area contributed by atoms with E-state index in [4.69, 9.17) is 14.2 Å². The first kappa shape index (κ1) is 19.3. The van der Waals surface area contributed by atoms with E-state index in [-0.39, 0.29) is 36.0 Å². The molecule has 0 aromatic heterocycles. The van der Waals surface area contributed by atoms with Crippen LogP contribution in [0.25, 0.3) is 0 Å². The normalized spacial score (nSPS) is 27.5. The molecule has 0 bridgehead atoms. The highest BCUT2D eigenvalue weighted by Crippen LogP contribution is 2.37. The SMILES string of the molecule is O=C(N[C@H]1CO[C@@H]2[C@@H](CC(=O)C3CC3)CO[C@@H]21)c1ccc(Oc2ccccc2)cc1. The third-order valence-electron chi connectivity index (χ3n) is 6.06. The van der Waals surface area contributed by atoms with Crippen LogP contribution in [0.4, 0.5) is 0 Å². The first-order valence-corrected chi connectivity index (χ1v) is 10.6. The number of benzene rings is 2. The van der Waals surface area contributed by atoms with Crippen LogP contribution >= 0.6 is 0 Å². The molecule has 2 aromatic rings. The van der Waals surface area contributed by atoms with Crippen molar-refractivity contribution < 1.29 is 23.8 Å². The average Bonchev–Trinajstić information content (AvgIpc) is 3.44. The Bertz CT molecular complexity index is 909. The molecule has 2 aromatic carbocycles. The standard InChI is InChI=1S/C24H25NO5/c26-21(15-6-7-15)12-17-13-28-23-20(14-29-22(17)23)25-24(27)16-8-10-19(11-9-16)30-18-4-2-1-3-5-18/h1-5,8-11,15,17,20,22-23H,6-7,12-14H2,(H,25,27)/t17-,20-,22+,23+/m0/s1. The Kier molecular flexibility index (Phi) is 5.27. The van der Waals surface area contributed by atoms with Crippen LogP contribution in [-0.2, 0) is 14.3 Å². The number of Topliss-reactive ketones (excluding diaryl/α,β-unsaturated/α-hetero) is 1. The summed E-state index contributed by atoms with van der Waals surface area (Å²) in [4.78, 5) is 24.8. The van der Waals surface area contributed by atoms with Crippen LogP contribution in [0.3, 0.4) is 0 Å². The number of ketones is 1. The van der Waals surface area contributed by atoms with Crippen molar-refractivity contribution >= 4 is 11.7 Å². The van der Waals surface area contributed by atoms with Gasteiger partial charge in [0.15, 0.2) is 0 Å². The summed E-state index contributed by atoms with van der Waals surface area (Å²) < 4.78 is 17.6. The van der Waals surface area contributed by atoms with Gasteiger partial charge in [0.05, 0.1) is 25.4 Å². The van der Waals surface area contributed by atoms with Crippen molar-refractivity contribution in [2.45, 2.75) is 37.5 Å². The maximum atomic E-state index is 12.7. The van der Waals surface area contributed by atoms with Crippen molar-refractivity contribution in [2.24, 2.45) is 11.8 Å². The number of amides is 1. The van der Waals surface area contributed by atoms with E-state index in [0.29, 0.717) is 36.7 Å². The van der Waals surface area contributed by atoms with Gasteiger partial charge in [0.25, 0.3) is 5.91 Å².